The van der Waals surface area contributed by atoms with Crippen LogP contribution in [0.4, 0.5) is 4.79 Å². The topological polar surface area (TPSA) is 57.3 Å². The second kappa shape index (κ2) is 8.90. The first-order valence-corrected chi connectivity index (χ1v) is 7.75. The molecule has 1 atom stereocenters. The van der Waals surface area contributed by atoms with Crippen LogP contribution < -0.4 is 10.6 Å². The van der Waals surface area contributed by atoms with Crippen molar-refractivity contribution in [3.05, 3.63) is 66.0 Å². The molecule has 5 heteroatoms. The Hall–Kier alpha value is -2.40. The Morgan fingerprint density at radius 1 is 1.13 bits per heavy atom. The fraction of sp³-hybridized carbons (Fsp3) is 0.333. The number of hydrogen-bond acceptors (Lipinski definition) is 3. The minimum atomic E-state index is -0.156. The van der Waals surface area contributed by atoms with Crippen LogP contribution in [0.15, 0.2) is 54.9 Å². The molecule has 0 bridgehead atoms. The fourth-order valence-electron chi connectivity index (χ4n) is 2.42. The molecule has 0 aliphatic heterocycles. The number of nitrogens with one attached hydrogen (secondary N) is 2. The van der Waals surface area contributed by atoms with E-state index in [4.69, 9.17) is 0 Å². The maximum absolute atomic E-state index is 12.1. The Kier molecular flexibility index (Phi) is 6.56. The van der Waals surface area contributed by atoms with E-state index in [-0.39, 0.29) is 12.1 Å². The van der Waals surface area contributed by atoms with Crippen LogP contribution in [0.1, 0.15) is 11.1 Å². The van der Waals surface area contributed by atoms with Gasteiger partial charge in [0.15, 0.2) is 0 Å². The van der Waals surface area contributed by atoms with Crippen molar-refractivity contribution in [3.8, 4) is 0 Å². The quantitative estimate of drug-likeness (QED) is 0.823. The number of carbonyl (C=O) groups is 1. The van der Waals surface area contributed by atoms with E-state index < -0.39 is 0 Å². The summed E-state index contributed by atoms with van der Waals surface area (Å²) in [6.45, 7) is 1.26. The number of hydrogen-bond donors (Lipinski definition) is 2. The van der Waals surface area contributed by atoms with E-state index in [2.05, 4.69) is 32.7 Å². The largest absolute Gasteiger partial charge is 0.334 e. The van der Waals surface area contributed by atoms with Gasteiger partial charge < -0.3 is 15.5 Å². The van der Waals surface area contributed by atoms with Crippen molar-refractivity contribution >= 4 is 6.03 Å². The highest BCUT2D eigenvalue weighted by molar-refractivity contribution is 5.74. The molecule has 5 nitrogen and oxygen atoms in total. The number of benzene rings is 1. The molecule has 1 aromatic carbocycles. The van der Waals surface area contributed by atoms with Crippen LogP contribution in [0.25, 0.3) is 0 Å². The minimum Gasteiger partial charge on any atom is -0.334 e. The summed E-state index contributed by atoms with van der Waals surface area (Å²) < 4.78 is 0. The third-order valence-electron chi connectivity index (χ3n) is 3.42. The normalized spacial score (nSPS) is 12.0. The van der Waals surface area contributed by atoms with Crippen LogP contribution in [-0.4, -0.2) is 42.6 Å². The van der Waals surface area contributed by atoms with Gasteiger partial charge in [-0.25, -0.2) is 4.79 Å². The van der Waals surface area contributed by atoms with Crippen molar-refractivity contribution in [1.82, 2.24) is 20.5 Å². The summed E-state index contributed by atoms with van der Waals surface area (Å²) >= 11 is 0. The lowest BCUT2D eigenvalue weighted by Gasteiger charge is -2.22. The van der Waals surface area contributed by atoms with Gasteiger partial charge in [0.1, 0.15) is 0 Å². The van der Waals surface area contributed by atoms with Gasteiger partial charge in [0.2, 0.25) is 0 Å². The number of likely N-dealkylation sites (N-methyl/N-ethyl adjacent to an activating group) is 1. The number of aromatic nitrogens is 1. The highest BCUT2D eigenvalue weighted by Crippen LogP contribution is 2.04. The van der Waals surface area contributed by atoms with Gasteiger partial charge in [0, 0.05) is 31.5 Å². The van der Waals surface area contributed by atoms with Crippen molar-refractivity contribution in [2.45, 2.75) is 19.0 Å². The SMILES string of the molecule is CN(C)CC(Cc1ccccc1)NC(=O)NCc1cccnc1. The Morgan fingerprint density at radius 2 is 1.87 bits per heavy atom. The van der Waals surface area contributed by atoms with Gasteiger partial charge in [-0.2, -0.15) is 0 Å². The van der Waals surface area contributed by atoms with Gasteiger partial charge in [0.25, 0.3) is 0 Å². The van der Waals surface area contributed by atoms with Crippen molar-refractivity contribution in [2.75, 3.05) is 20.6 Å². The Bertz CT molecular complexity index is 586. The second-order valence-corrected chi connectivity index (χ2v) is 5.84. The predicted octanol–water partition coefficient (Wildman–Crippen LogP) is 2.05. The van der Waals surface area contributed by atoms with Crippen LogP contribution in [0, 0.1) is 0 Å². The molecule has 1 heterocycles. The summed E-state index contributed by atoms with van der Waals surface area (Å²) in [5.41, 5.74) is 2.20. The molecule has 2 N–H and O–H groups in total. The number of carbonyl (C=O) groups excluding carboxylic acids is 1. The lowest BCUT2D eigenvalue weighted by molar-refractivity contribution is 0.232. The van der Waals surface area contributed by atoms with Gasteiger partial charge in [-0.3, -0.25) is 4.98 Å². The second-order valence-electron chi connectivity index (χ2n) is 5.84. The van der Waals surface area contributed by atoms with Gasteiger partial charge in [-0.15, -0.1) is 0 Å². The van der Waals surface area contributed by atoms with E-state index in [0.29, 0.717) is 6.54 Å². The van der Waals surface area contributed by atoms with Crippen molar-refractivity contribution in [1.29, 1.82) is 0 Å². The fourth-order valence-corrected chi connectivity index (χ4v) is 2.42. The first kappa shape index (κ1) is 17.0. The van der Waals surface area contributed by atoms with E-state index in [0.717, 1.165) is 18.5 Å². The molecule has 0 aliphatic carbocycles. The predicted molar refractivity (Wildman–Crippen MR) is 92.1 cm³/mol. The van der Waals surface area contributed by atoms with Crippen LogP contribution in [0.2, 0.25) is 0 Å². The molecule has 2 rings (SSSR count). The highest BCUT2D eigenvalue weighted by atomic mass is 16.2. The zero-order valence-corrected chi connectivity index (χ0v) is 13.7. The zero-order chi connectivity index (χ0) is 16.5. The maximum atomic E-state index is 12.1. The number of urea groups is 1. The molecule has 122 valence electrons. The summed E-state index contributed by atoms with van der Waals surface area (Å²) in [6, 6.07) is 13.9. The average molecular weight is 312 g/mol. The molecular weight excluding hydrogens is 288 g/mol. The smallest absolute Gasteiger partial charge is 0.315 e. The monoisotopic (exact) mass is 312 g/mol. The number of rotatable bonds is 7. The third kappa shape index (κ3) is 6.48. The number of nitrogens with zero attached hydrogens (tertiary/aromatic N) is 2. The molecule has 2 amide bonds. The molecule has 0 aliphatic rings. The first-order valence-electron chi connectivity index (χ1n) is 7.75. The van der Waals surface area contributed by atoms with E-state index >= 15 is 0 Å². The molecule has 0 saturated carbocycles. The number of amides is 2. The van der Waals surface area contributed by atoms with Gasteiger partial charge in [-0.05, 0) is 37.7 Å². The molecule has 0 radical (unpaired) electrons. The van der Waals surface area contributed by atoms with Gasteiger partial charge in [-0.1, -0.05) is 36.4 Å². The molecule has 2 aromatic rings. The van der Waals surface area contributed by atoms with Crippen molar-refractivity contribution in [3.63, 3.8) is 0 Å². The minimum absolute atomic E-state index is 0.0568. The summed E-state index contributed by atoms with van der Waals surface area (Å²) in [5, 5.41) is 5.93. The zero-order valence-electron chi connectivity index (χ0n) is 13.7. The van der Waals surface area contributed by atoms with Crippen molar-refractivity contribution < 1.29 is 4.79 Å². The van der Waals surface area contributed by atoms with E-state index in [1.807, 2.05) is 44.4 Å². The summed E-state index contributed by atoms with van der Waals surface area (Å²) in [6.07, 6.45) is 4.28. The van der Waals surface area contributed by atoms with Gasteiger partial charge in [0.05, 0.1) is 0 Å². The molecular formula is C18H24N4O. The summed E-state index contributed by atoms with van der Waals surface area (Å²) in [5.74, 6) is 0. The van der Waals surface area contributed by atoms with Crippen LogP contribution in [0.3, 0.4) is 0 Å². The maximum Gasteiger partial charge on any atom is 0.315 e. The molecule has 1 unspecified atom stereocenters. The molecule has 0 saturated heterocycles. The van der Waals surface area contributed by atoms with Gasteiger partial charge >= 0.3 is 6.03 Å². The lowest BCUT2D eigenvalue weighted by Crippen LogP contribution is -2.47. The van der Waals surface area contributed by atoms with Crippen LogP contribution >= 0.6 is 0 Å². The van der Waals surface area contributed by atoms with Crippen molar-refractivity contribution in [2.24, 2.45) is 0 Å². The molecule has 0 spiro atoms. The van der Waals surface area contributed by atoms with Crippen LogP contribution in [-0.2, 0) is 13.0 Å². The molecule has 23 heavy (non-hydrogen) atoms. The first-order chi connectivity index (χ1) is 11.1. The van der Waals surface area contributed by atoms with E-state index in [1.54, 1.807) is 12.4 Å². The summed E-state index contributed by atoms with van der Waals surface area (Å²) in [4.78, 5) is 18.3. The Labute approximate surface area is 137 Å². The molecule has 0 fully saturated rings. The Balaban J connectivity index is 1.87. The van der Waals surface area contributed by atoms with E-state index in [9.17, 15) is 4.79 Å². The lowest BCUT2D eigenvalue weighted by atomic mass is 10.1. The van der Waals surface area contributed by atoms with Crippen LogP contribution in [0.5, 0.6) is 0 Å². The standard InChI is InChI=1S/C18H24N4O/c1-22(2)14-17(11-15-7-4-3-5-8-15)21-18(23)20-13-16-9-6-10-19-12-16/h3-10,12,17H,11,13-14H2,1-2H3,(H2,20,21,23). The Morgan fingerprint density at radius 3 is 2.52 bits per heavy atom. The van der Waals surface area contributed by atoms with E-state index in [1.165, 1.54) is 5.56 Å². The molecule has 1 aromatic heterocycles. The highest BCUT2D eigenvalue weighted by Gasteiger charge is 2.14. The number of pyridine rings is 1. The average Bonchev–Trinajstić information content (AvgIpc) is 2.54. The summed E-state index contributed by atoms with van der Waals surface area (Å²) in [7, 11) is 4.01. The third-order valence-corrected chi connectivity index (χ3v) is 3.42.